The van der Waals surface area contributed by atoms with Crippen LogP contribution >= 0.6 is 11.3 Å². The number of rotatable bonds is 7. The lowest BCUT2D eigenvalue weighted by molar-refractivity contribution is 0.374. The first-order chi connectivity index (χ1) is 8.33. The van der Waals surface area contributed by atoms with Crippen molar-refractivity contribution in [1.29, 1.82) is 0 Å². The summed E-state index contributed by atoms with van der Waals surface area (Å²) < 4.78 is 0. The van der Waals surface area contributed by atoms with Gasteiger partial charge in [-0.25, -0.2) is 0 Å². The minimum atomic E-state index is 0.657. The zero-order valence-corrected chi connectivity index (χ0v) is 11.6. The van der Waals surface area contributed by atoms with Crippen LogP contribution in [0.2, 0.25) is 0 Å². The van der Waals surface area contributed by atoms with Gasteiger partial charge in [0.1, 0.15) is 0 Å². The van der Waals surface area contributed by atoms with Gasteiger partial charge in [0.2, 0.25) is 0 Å². The summed E-state index contributed by atoms with van der Waals surface area (Å²) in [6.07, 6.45) is 8.52. The topological polar surface area (TPSA) is 12.0 Å². The summed E-state index contributed by atoms with van der Waals surface area (Å²) in [6.45, 7) is 3.57. The molecule has 0 radical (unpaired) electrons. The first-order valence-electron chi connectivity index (χ1n) is 7.10. The maximum atomic E-state index is 3.88. The van der Waals surface area contributed by atoms with Gasteiger partial charge in [0.25, 0.3) is 0 Å². The molecular formula is C15H23NS. The number of nitrogens with one attached hydrogen (secondary N) is 1. The Labute approximate surface area is 109 Å². The highest BCUT2D eigenvalue weighted by Gasteiger charge is 2.42. The second-order valence-corrected chi connectivity index (χ2v) is 6.94. The zero-order valence-electron chi connectivity index (χ0n) is 10.7. The van der Waals surface area contributed by atoms with Crippen LogP contribution in [0.25, 0.3) is 0 Å². The van der Waals surface area contributed by atoms with Gasteiger partial charge < -0.3 is 5.32 Å². The molecule has 0 bridgehead atoms. The van der Waals surface area contributed by atoms with Crippen molar-refractivity contribution in [3.8, 4) is 0 Å². The van der Waals surface area contributed by atoms with E-state index >= 15 is 0 Å². The molecule has 1 nitrogen and oxygen atoms in total. The summed E-state index contributed by atoms with van der Waals surface area (Å²) in [5.74, 6) is 0.922. The SMILES string of the molecule is CCCC1(CNC(c2cccs2)C2CC2)CC1. The summed E-state index contributed by atoms with van der Waals surface area (Å²) in [4.78, 5) is 1.56. The predicted molar refractivity (Wildman–Crippen MR) is 74.4 cm³/mol. The molecule has 1 atom stereocenters. The van der Waals surface area contributed by atoms with Crippen LogP contribution < -0.4 is 5.32 Å². The molecule has 0 saturated heterocycles. The molecule has 1 N–H and O–H groups in total. The molecule has 94 valence electrons. The summed E-state index contributed by atoms with van der Waals surface area (Å²) in [5, 5.41) is 6.10. The molecule has 17 heavy (non-hydrogen) atoms. The highest BCUT2D eigenvalue weighted by atomic mass is 32.1. The minimum absolute atomic E-state index is 0.657. The van der Waals surface area contributed by atoms with Gasteiger partial charge in [-0.15, -0.1) is 11.3 Å². The third kappa shape index (κ3) is 2.74. The average molecular weight is 249 g/mol. The van der Waals surface area contributed by atoms with Gasteiger partial charge in [0.05, 0.1) is 0 Å². The average Bonchev–Trinajstić information content (AvgIpc) is 3.23. The van der Waals surface area contributed by atoms with Gasteiger partial charge in [0.15, 0.2) is 0 Å². The highest BCUT2D eigenvalue weighted by molar-refractivity contribution is 7.10. The van der Waals surface area contributed by atoms with Crippen molar-refractivity contribution in [3.63, 3.8) is 0 Å². The van der Waals surface area contributed by atoms with Crippen molar-refractivity contribution in [2.75, 3.05) is 6.54 Å². The van der Waals surface area contributed by atoms with Crippen LogP contribution in [0.3, 0.4) is 0 Å². The molecule has 0 spiro atoms. The fourth-order valence-corrected chi connectivity index (χ4v) is 3.84. The van der Waals surface area contributed by atoms with Gasteiger partial charge >= 0.3 is 0 Å². The second-order valence-electron chi connectivity index (χ2n) is 5.96. The van der Waals surface area contributed by atoms with Crippen molar-refractivity contribution in [2.45, 2.75) is 51.5 Å². The Morgan fingerprint density at radius 2 is 2.29 bits per heavy atom. The third-order valence-electron chi connectivity index (χ3n) is 4.38. The van der Waals surface area contributed by atoms with Crippen molar-refractivity contribution in [3.05, 3.63) is 22.4 Å². The molecule has 1 aromatic rings. The summed E-state index contributed by atoms with van der Waals surface area (Å²) in [7, 11) is 0. The van der Waals surface area contributed by atoms with E-state index in [0.717, 1.165) is 5.92 Å². The van der Waals surface area contributed by atoms with E-state index in [1.54, 1.807) is 4.88 Å². The molecule has 0 aromatic carbocycles. The van der Waals surface area contributed by atoms with E-state index in [0.29, 0.717) is 11.5 Å². The first-order valence-corrected chi connectivity index (χ1v) is 7.98. The standard InChI is InChI=1S/C15H23NS/c1-2-7-15(8-9-15)11-16-14(12-5-6-12)13-4-3-10-17-13/h3-4,10,12,14,16H,2,5-9,11H2,1H3. The second kappa shape index (κ2) is 4.74. The van der Waals surface area contributed by atoms with Crippen LogP contribution in [0.5, 0.6) is 0 Å². The first kappa shape index (κ1) is 11.7. The Bertz CT molecular complexity index is 349. The van der Waals surface area contributed by atoms with Crippen LogP contribution in [0.4, 0.5) is 0 Å². The van der Waals surface area contributed by atoms with Crippen LogP contribution in [0.15, 0.2) is 17.5 Å². The summed E-state index contributed by atoms with van der Waals surface area (Å²) >= 11 is 1.92. The Hall–Kier alpha value is -0.340. The molecule has 1 aromatic heterocycles. The summed E-state index contributed by atoms with van der Waals surface area (Å²) in [5.41, 5.74) is 0.680. The third-order valence-corrected chi connectivity index (χ3v) is 5.33. The van der Waals surface area contributed by atoms with Crippen molar-refractivity contribution < 1.29 is 0 Å². The zero-order chi connectivity index (χ0) is 11.7. The van der Waals surface area contributed by atoms with Gasteiger partial charge in [0, 0.05) is 17.5 Å². The molecule has 1 heterocycles. The molecular weight excluding hydrogens is 226 g/mol. The number of hydrogen-bond donors (Lipinski definition) is 1. The minimum Gasteiger partial charge on any atom is -0.308 e. The molecule has 2 aliphatic carbocycles. The Morgan fingerprint density at radius 3 is 2.82 bits per heavy atom. The van der Waals surface area contributed by atoms with Crippen molar-refractivity contribution in [1.82, 2.24) is 5.32 Å². The molecule has 0 amide bonds. The Kier molecular flexibility index (Phi) is 3.27. The molecule has 1 unspecified atom stereocenters. The summed E-state index contributed by atoms with van der Waals surface area (Å²) in [6, 6.07) is 5.15. The van der Waals surface area contributed by atoms with Crippen LogP contribution in [0, 0.1) is 11.3 Å². The maximum Gasteiger partial charge on any atom is 0.0443 e. The fraction of sp³-hybridized carbons (Fsp3) is 0.733. The van der Waals surface area contributed by atoms with Crippen LogP contribution in [0.1, 0.15) is 56.4 Å². The number of thiophene rings is 1. The van der Waals surface area contributed by atoms with Crippen LogP contribution in [-0.4, -0.2) is 6.54 Å². The molecule has 2 saturated carbocycles. The lowest BCUT2D eigenvalue weighted by Crippen LogP contribution is -2.29. The quantitative estimate of drug-likeness (QED) is 0.756. The maximum absolute atomic E-state index is 3.88. The number of hydrogen-bond acceptors (Lipinski definition) is 2. The van der Waals surface area contributed by atoms with Crippen LogP contribution in [-0.2, 0) is 0 Å². The van der Waals surface area contributed by atoms with Gasteiger partial charge in [-0.05, 0) is 54.9 Å². The normalized spacial score (nSPS) is 23.6. The Morgan fingerprint density at radius 1 is 1.47 bits per heavy atom. The largest absolute Gasteiger partial charge is 0.308 e. The molecule has 2 fully saturated rings. The monoisotopic (exact) mass is 249 g/mol. The van der Waals surface area contributed by atoms with E-state index in [1.165, 1.54) is 45.1 Å². The molecule has 3 rings (SSSR count). The van der Waals surface area contributed by atoms with Crippen molar-refractivity contribution in [2.24, 2.45) is 11.3 Å². The lowest BCUT2D eigenvalue weighted by Gasteiger charge is -2.21. The fourth-order valence-electron chi connectivity index (χ4n) is 2.95. The highest BCUT2D eigenvalue weighted by Crippen LogP contribution is 2.50. The van der Waals surface area contributed by atoms with E-state index in [-0.39, 0.29) is 0 Å². The van der Waals surface area contributed by atoms with Gasteiger partial charge in [-0.1, -0.05) is 19.4 Å². The van der Waals surface area contributed by atoms with E-state index in [2.05, 4.69) is 29.8 Å². The molecule has 2 aliphatic rings. The smallest absolute Gasteiger partial charge is 0.0443 e. The lowest BCUT2D eigenvalue weighted by atomic mass is 9.99. The predicted octanol–water partition coefficient (Wildman–Crippen LogP) is 4.37. The van der Waals surface area contributed by atoms with E-state index in [1.807, 2.05) is 11.3 Å². The van der Waals surface area contributed by atoms with Crippen molar-refractivity contribution >= 4 is 11.3 Å². The Balaban J connectivity index is 1.58. The van der Waals surface area contributed by atoms with Gasteiger partial charge in [-0.2, -0.15) is 0 Å². The van der Waals surface area contributed by atoms with Gasteiger partial charge in [-0.3, -0.25) is 0 Å². The van der Waals surface area contributed by atoms with E-state index in [4.69, 9.17) is 0 Å². The molecule has 0 aliphatic heterocycles. The van der Waals surface area contributed by atoms with E-state index in [9.17, 15) is 0 Å². The van der Waals surface area contributed by atoms with E-state index < -0.39 is 0 Å². The molecule has 2 heteroatoms.